The molecule has 1 N–H and O–H groups in total. The molecule has 0 saturated heterocycles. The molecule has 0 aromatic heterocycles. The summed E-state index contributed by atoms with van der Waals surface area (Å²) in [6.45, 7) is 4.35. The molecule has 0 amide bonds. The van der Waals surface area contributed by atoms with Crippen molar-refractivity contribution in [1.82, 2.24) is 5.32 Å². The van der Waals surface area contributed by atoms with Crippen molar-refractivity contribution in [2.24, 2.45) is 0 Å². The summed E-state index contributed by atoms with van der Waals surface area (Å²) in [4.78, 5) is 12.1. The largest absolute Gasteiger partial charge is 0.462 e. The third-order valence-electron chi connectivity index (χ3n) is 3.17. The molecule has 1 heterocycles. The average Bonchev–Trinajstić information content (AvgIpc) is 2.46. The van der Waals surface area contributed by atoms with E-state index in [9.17, 15) is 4.79 Å². The predicted molar refractivity (Wildman–Crippen MR) is 73.0 cm³/mol. The smallest absolute Gasteiger partial charge is 0.327 e. The van der Waals surface area contributed by atoms with E-state index in [-0.39, 0.29) is 12.0 Å². The number of hydrogen-bond donors (Lipinski definition) is 1. The van der Waals surface area contributed by atoms with Crippen molar-refractivity contribution in [3.8, 4) is 0 Å². The molecule has 0 saturated carbocycles. The third-order valence-corrected chi connectivity index (χ3v) is 3.17. The first kappa shape index (κ1) is 14.0. The second kappa shape index (κ2) is 7.26. The lowest BCUT2D eigenvalue weighted by Gasteiger charge is -2.25. The molecule has 0 radical (unpaired) electrons. The Hall–Kier alpha value is -1.39. The first-order valence-electron chi connectivity index (χ1n) is 6.88. The van der Waals surface area contributed by atoms with Crippen LogP contribution in [0.2, 0.25) is 0 Å². The summed E-state index contributed by atoms with van der Waals surface area (Å²) in [5.74, 6) is -0.216. The van der Waals surface area contributed by atoms with Crippen molar-refractivity contribution in [2.45, 2.75) is 25.8 Å². The van der Waals surface area contributed by atoms with Gasteiger partial charge in [0.25, 0.3) is 0 Å². The van der Waals surface area contributed by atoms with Crippen LogP contribution in [-0.4, -0.2) is 32.3 Å². The molecule has 0 spiro atoms. The van der Waals surface area contributed by atoms with E-state index in [1.807, 2.05) is 18.2 Å². The van der Waals surface area contributed by atoms with E-state index < -0.39 is 0 Å². The van der Waals surface area contributed by atoms with Crippen LogP contribution >= 0.6 is 0 Å². The van der Waals surface area contributed by atoms with E-state index >= 15 is 0 Å². The van der Waals surface area contributed by atoms with Gasteiger partial charge in [-0.15, -0.1) is 0 Å². The van der Waals surface area contributed by atoms with Gasteiger partial charge in [0, 0.05) is 13.2 Å². The second-order valence-electron chi connectivity index (χ2n) is 4.62. The average molecular weight is 263 g/mol. The van der Waals surface area contributed by atoms with E-state index in [1.165, 1.54) is 5.56 Å². The van der Waals surface area contributed by atoms with Gasteiger partial charge in [0.2, 0.25) is 0 Å². The third kappa shape index (κ3) is 3.78. The van der Waals surface area contributed by atoms with Crippen LogP contribution in [0, 0.1) is 0 Å². The number of rotatable bonds is 6. The van der Waals surface area contributed by atoms with Gasteiger partial charge in [-0.05, 0) is 24.0 Å². The SMILES string of the molecule is CCCOCCOC(=O)C1NCCc2ccccc21. The van der Waals surface area contributed by atoms with Crippen LogP contribution in [0.3, 0.4) is 0 Å². The van der Waals surface area contributed by atoms with E-state index in [0.717, 1.165) is 24.9 Å². The molecule has 4 nitrogen and oxygen atoms in total. The maximum Gasteiger partial charge on any atom is 0.327 e. The van der Waals surface area contributed by atoms with Gasteiger partial charge >= 0.3 is 5.97 Å². The molecular formula is C15H21NO3. The molecule has 1 atom stereocenters. The summed E-state index contributed by atoms with van der Waals surface area (Å²) in [6, 6.07) is 7.68. The number of hydrogen-bond acceptors (Lipinski definition) is 4. The predicted octanol–water partition coefficient (Wildman–Crippen LogP) is 1.84. The molecule has 1 aliphatic rings. The molecule has 1 aromatic rings. The summed E-state index contributed by atoms with van der Waals surface area (Å²) in [7, 11) is 0. The minimum atomic E-state index is -0.337. The highest BCUT2D eigenvalue weighted by Crippen LogP contribution is 2.23. The minimum absolute atomic E-state index is 0.216. The zero-order valence-corrected chi connectivity index (χ0v) is 11.4. The molecule has 1 unspecified atom stereocenters. The fraction of sp³-hybridized carbons (Fsp3) is 0.533. The molecule has 0 fully saturated rings. The summed E-state index contributed by atoms with van der Waals surface area (Å²) in [5.41, 5.74) is 2.26. The van der Waals surface area contributed by atoms with Gasteiger partial charge in [-0.3, -0.25) is 0 Å². The topological polar surface area (TPSA) is 47.6 Å². The number of fused-ring (bicyclic) bond motifs is 1. The van der Waals surface area contributed by atoms with Gasteiger partial charge in [0.15, 0.2) is 0 Å². The summed E-state index contributed by atoms with van der Waals surface area (Å²) in [5, 5.41) is 3.21. The van der Waals surface area contributed by atoms with Crippen LogP contribution in [0.4, 0.5) is 0 Å². The van der Waals surface area contributed by atoms with Crippen molar-refractivity contribution in [3.05, 3.63) is 35.4 Å². The number of benzene rings is 1. The van der Waals surface area contributed by atoms with Gasteiger partial charge in [-0.25, -0.2) is 4.79 Å². The Morgan fingerprint density at radius 2 is 2.16 bits per heavy atom. The summed E-state index contributed by atoms with van der Waals surface area (Å²) >= 11 is 0. The number of esters is 1. The number of ether oxygens (including phenoxy) is 2. The molecule has 19 heavy (non-hydrogen) atoms. The Kier molecular flexibility index (Phi) is 5.36. The lowest BCUT2D eigenvalue weighted by molar-refractivity contribution is -0.148. The zero-order chi connectivity index (χ0) is 13.5. The highest BCUT2D eigenvalue weighted by atomic mass is 16.6. The molecule has 0 aliphatic carbocycles. The molecule has 0 bridgehead atoms. The van der Waals surface area contributed by atoms with Gasteiger partial charge in [-0.1, -0.05) is 31.2 Å². The fourth-order valence-electron chi connectivity index (χ4n) is 2.25. The molecule has 1 aliphatic heterocycles. The van der Waals surface area contributed by atoms with Gasteiger partial charge < -0.3 is 14.8 Å². The van der Waals surface area contributed by atoms with E-state index in [2.05, 4.69) is 18.3 Å². The summed E-state index contributed by atoms with van der Waals surface area (Å²) in [6.07, 6.45) is 1.94. The lowest BCUT2D eigenvalue weighted by Crippen LogP contribution is -2.36. The van der Waals surface area contributed by atoms with Crippen molar-refractivity contribution in [1.29, 1.82) is 0 Å². The quantitative estimate of drug-likeness (QED) is 0.628. The lowest BCUT2D eigenvalue weighted by atomic mass is 9.94. The van der Waals surface area contributed by atoms with Crippen LogP contribution in [0.5, 0.6) is 0 Å². The number of nitrogens with one attached hydrogen (secondary N) is 1. The molecule has 104 valence electrons. The summed E-state index contributed by atoms with van der Waals surface area (Å²) < 4.78 is 10.6. The van der Waals surface area contributed by atoms with Crippen molar-refractivity contribution in [2.75, 3.05) is 26.4 Å². The van der Waals surface area contributed by atoms with E-state index in [0.29, 0.717) is 19.8 Å². The van der Waals surface area contributed by atoms with Crippen LogP contribution < -0.4 is 5.32 Å². The van der Waals surface area contributed by atoms with Crippen LogP contribution in [0.25, 0.3) is 0 Å². The van der Waals surface area contributed by atoms with Crippen molar-refractivity contribution < 1.29 is 14.3 Å². The first-order valence-corrected chi connectivity index (χ1v) is 6.88. The minimum Gasteiger partial charge on any atom is -0.462 e. The van der Waals surface area contributed by atoms with Gasteiger partial charge in [-0.2, -0.15) is 0 Å². The second-order valence-corrected chi connectivity index (χ2v) is 4.62. The van der Waals surface area contributed by atoms with Crippen molar-refractivity contribution in [3.63, 3.8) is 0 Å². The van der Waals surface area contributed by atoms with Crippen LogP contribution in [0.1, 0.15) is 30.5 Å². The van der Waals surface area contributed by atoms with Crippen LogP contribution in [0.15, 0.2) is 24.3 Å². The Morgan fingerprint density at radius 3 is 3.00 bits per heavy atom. The molecule has 1 aromatic carbocycles. The Bertz CT molecular complexity index is 420. The monoisotopic (exact) mass is 263 g/mol. The molecule has 4 heteroatoms. The highest BCUT2D eigenvalue weighted by molar-refractivity contribution is 5.78. The maximum absolute atomic E-state index is 12.1. The van der Waals surface area contributed by atoms with E-state index in [4.69, 9.17) is 9.47 Å². The normalized spacial score (nSPS) is 17.8. The highest BCUT2D eigenvalue weighted by Gasteiger charge is 2.26. The Morgan fingerprint density at radius 1 is 1.32 bits per heavy atom. The standard InChI is InChI=1S/C15H21NO3/c1-2-9-18-10-11-19-15(17)14-13-6-4-3-5-12(13)7-8-16-14/h3-6,14,16H,2,7-11H2,1H3. The number of carbonyl (C=O) groups is 1. The fourth-order valence-corrected chi connectivity index (χ4v) is 2.25. The molecular weight excluding hydrogens is 242 g/mol. The van der Waals surface area contributed by atoms with Gasteiger partial charge in [0.05, 0.1) is 6.61 Å². The zero-order valence-electron chi connectivity index (χ0n) is 11.4. The Labute approximate surface area is 114 Å². The van der Waals surface area contributed by atoms with E-state index in [1.54, 1.807) is 0 Å². The maximum atomic E-state index is 12.1. The first-order chi connectivity index (χ1) is 9.33. The van der Waals surface area contributed by atoms with Gasteiger partial charge in [0.1, 0.15) is 12.6 Å². The Balaban J connectivity index is 1.86. The van der Waals surface area contributed by atoms with Crippen LogP contribution in [-0.2, 0) is 20.7 Å². The molecule has 2 rings (SSSR count). The number of carbonyl (C=O) groups excluding carboxylic acids is 1. The van der Waals surface area contributed by atoms with Crippen molar-refractivity contribution >= 4 is 5.97 Å².